The Labute approximate surface area is 173 Å². The highest BCUT2D eigenvalue weighted by Crippen LogP contribution is 2.31. The minimum atomic E-state index is -3.69. The van der Waals surface area contributed by atoms with Crippen LogP contribution in [-0.2, 0) is 16.4 Å². The van der Waals surface area contributed by atoms with Crippen LogP contribution in [0.1, 0.15) is 45.1 Å². The van der Waals surface area contributed by atoms with Gasteiger partial charge in [0, 0.05) is 12.1 Å². The highest BCUT2D eigenvalue weighted by Gasteiger charge is 2.22. The molecule has 0 saturated carbocycles. The molecule has 0 radical (unpaired) electrons. The van der Waals surface area contributed by atoms with Gasteiger partial charge in [-0.2, -0.15) is 0 Å². The first-order valence-electron chi connectivity index (χ1n) is 9.36. The lowest BCUT2D eigenvalue weighted by Crippen LogP contribution is -2.28. The number of aryl methyl sites for hydroxylation is 2. The zero-order valence-corrected chi connectivity index (χ0v) is 18.9. The number of ketones is 1. The molecule has 2 rings (SSSR count). The Bertz CT molecular complexity index is 1020. The Kier molecular flexibility index (Phi) is 7.08. The highest BCUT2D eigenvalue weighted by molar-refractivity contribution is 7.89. The van der Waals surface area contributed by atoms with Crippen LogP contribution in [0.5, 0.6) is 11.5 Å². The van der Waals surface area contributed by atoms with Gasteiger partial charge < -0.3 is 9.47 Å². The molecule has 0 spiro atoms. The maximum Gasteiger partial charge on any atom is 0.241 e. The fourth-order valence-corrected chi connectivity index (χ4v) is 5.07. The summed E-state index contributed by atoms with van der Waals surface area (Å²) >= 11 is 0. The van der Waals surface area contributed by atoms with Gasteiger partial charge in [-0.3, -0.25) is 4.79 Å². The van der Waals surface area contributed by atoms with Gasteiger partial charge in [-0.15, -0.1) is 0 Å². The van der Waals surface area contributed by atoms with Crippen LogP contribution >= 0.6 is 0 Å². The van der Waals surface area contributed by atoms with E-state index in [1.54, 1.807) is 12.1 Å². The van der Waals surface area contributed by atoms with E-state index >= 15 is 0 Å². The third-order valence-electron chi connectivity index (χ3n) is 5.24. The Morgan fingerprint density at radius 1 is 0.931 bits per heavy atom. The second-order valence-electron chi connectivity index (χ2n) is 7.16. The molecule has 2 aromatic rings. The van der Waals surface area contributed by atoms with E-state index in [9.17, 15) is 13.2 Å². The topological polar surface area (TPSA) is 81.7 Å². The number of methoxy groups -OCH3 is 2. The van der Waals surface area contributed by atoms with Crippen molar-refractivity contribution in [3.05, 3.63) is 51.6 Å². The first-order chi connectivity index (χ1) is 13.5. The van der Waals surface area contributed by atoms with Crippen molar-refractivity contribution >= 4 is 15.8 Å². The molecule has 0 aliphatic rings. The van der Waals surface area contributed by atoms with Crippen LogP contribution in [0, 0.1) is 27.7 Å². The van der Waals surface area contributed by atoms with E-state index in [4.69, 9.17) is 9.47 Å². The van der Waals surface area contributed by atoms with E-state index in [-0.39, 0.29) is 12.3 Å². The van der Waals surface area contributed by atoms with Crippen LogP contribution in [0.3, 0.4) is 0 Å². The summed E-state index contributed by atoms with van der Waals surface area (Å²) in [4.78, 5) is 12.4. The number of rotatable bonds is 8. The van der Waals surface area contributed by atoms with E-state index in [2.05, 4.69) is 4.72 Å². The predicted molar refractivity (Wildman–Crippen MR) is 114 cm³/mol. The number of carbonyl (C=O) groups excluding carboxylic acids is 1. The summed E-state index contributed by atoms with van der Waals surface area (Å²) in [5, 5.41) is 0. The molecule has 29 heavy (non-hydrogen) atoms. The van der Waals surface area contributed by atoms with Crippen LogP contribution in [-0.4, -0.2) is 35.0 Å². The average molecular weight is 420 g/mol. The molecule has 0 aliphatic carbocycles. The lowest BCUT2D eigenvalue weighted by molar-refractivity contribution is 0.101. The number of hydrogen-bond acceptors (Lipinski definition) is 5. The van der Waals surface area contributed by atoms with E-state index in [0.29, 0.717) is 33.9 Å². The lowest BCUT2D eigenvalue weighted by atomic mass is 10.0. The molecule has 6 nitrogen and oxygen atoms in total. The van der Waals surface area contributed by atoms with Crippen LogP contribution in [0.15, 0.2) is 23.1 Å². The number of nitrogens with one attached hydrogen (secondary N) is 1. The van der Waals surface area contributed by atoms with Gasteiger partial charge in [0.2, 0.25) is 10.0 Å². The van der Waals surface area contributed by atoms with Crippen molar-refractivity contribution in [2.75, 3.05) is 20.8 Å². The lowest BCUT2D eigenvalue weighted by Gasteiger charge is -2.17. The van der Waals surface area contributed by atoms with Gasteiger partial charge in [0.05, 0.1) is 19.1 Å². The summed E-state index contributed by atoms with van der Waals surface area (Å²) < 4.78 is 39.2. The van der Waals surface area contributed by atoms with Crippen molar-refractivity contribution in [3.8, 4) is 11.5 Å². The number of benzene rings is 2. The molecule has 1 N–H and O–H groups in total. The molecule has 0 atom stereocenters. The monoisotopic (exact) mass is 419 g/mol. The van der Waals surface area contributed by atoms with Gasteiger partial charge in [-0.25, -0.2) is 13.1 Å². The van der Waals surface area contributed by atoms with Crippen molar-refractivity contribution < 1.29 is 22.7 Å². The second kappa shape index (κ2) is 8.97. The van der Waals surface area contributed by atoms with Crippen molar-refractivity contribution in [1.29, 1.82) is 0 Å². The normalized spacial score (nSPS) is 11.4. The summed E-state index contributed by atoms with van der Waals surface area (Å²) in [5.74, 6) is 0.838. The number of carbonyl (C=O) groups is 1. The number of Topliss-reactive ketones (excluding diaryl/α,β-unsaturated/α-hetero) is 1. The molecule has 0 aromatic heterocycles. The molecule has 0 amide bonds. The van der Waals surface area contributed by atoms with Gasteiger partial charge in [0.25, 0.3) is 0 Å². The first-order valence-corrected chi connectivity index (χ1v) is 10.8. The summed E-state index contributed by atoms with van der Waals surface area (Å²) in [7, 11) is -0.668. The van der Waals surface area contributed by atoms with Gasteiger partial charge in [-0.05, 0) is 81.0 Å². The van der Waals surface area contributed by atoms with Gasteiger partial charge in [0.15, 0.2) is 17.3 Å². The Hall–Kier alpha value is -2.38. The Morgan fingerprint density at radius 2 is 1.45 bits per heavy atom. The zero-order valence-electron chi connectivity index (χ0n) is 18.1. The van der Waals surface area contributed by atoms with E-state index in [1.165, 1.54) is 21.1 Å². The predicted octanol–water partition coefficient (Wildman–Crippen LogP) is 3.66. The Morgan fingerprint density at radius 3 is 1.93 bits per heavy atom. The van der Waals surface area contributed by atoms with Crippen LogP contribution in [0.4, 0.5) is 0 Å². The maximum atomic E-state index is 13.0. The second-order valence-corrected chi connectivity index (χ2v) is 8.86. The van der Waals surface area contributed by atoms with Crippen molar-refractivity contribution in [1.82, 2.24) is 4.72 Å². The highest BCUT2D eigenvalue weighted by atomic mass is 32.2. The minimum absolute atomic E-state index is 0.121. The van der Waals surface area contributed by atoms with Gasteiger partial charge >= 0.3 is 0 Å². The molecular formula is C22H29NO5S. The van der Waals surface area contributed by atoms with Gasteiger partial charge in [-0.1, -0.05) is 6.07 Å². The average Bonchev–Trinajstić information content (AvgIpc) is 2.65. The summed E-state index contributed by atoms with van der Waals surface area (Å²) in [6.07, 6.45) is 0.345. The number of ether oxygens (including phenoxy) is 2. The Balaban J connectivity index is 2.31. The molecule has 0 unspecified atom stereocenters. The zero-order chi connectivity index (χ0) is 21.9. The van der Waals surface area contributed by atoms with Crippen LogP contribution in [0.25, 0.3) is 0 Å². The maximum absolute atomic E-state index is 13.0. The molecular weight excluding hydrogens is 390 g/mol. The van der Waals surface area contributed by atoms with Crippen LogP contribution < -0.4 is 14.2 Å². The smallest absolute Gasteiger partial charge is 0.241 e. The summed E-state index contributed by atoms with van der Waals surface area (Å²) in [6, 6.07) is 5.34. The number of sulfonamides is 1. The fraction of sp³-hybridized carbons (Fsp3) is 0.409. The molecule has 0 heterocycles. The van der Waals surface area contributed by atoms with Crippen LogP contribution in [0.2, 0.25) is 0 Å². The van der Waals surface area contributed by atoms with Crippen molar-refractivity contribution in [3.63, 3.8) is 0 Å². The molecule has 2 aromatic carbocycles. The molecule has 158 valence electrons. The number of hydrogen-bond donors (Lipinski definition) is 1. The first kappa shape index (κ1) is 22.9. The van der Waals surface area contributed by atoms with Crippen molar-refractivity contribution in [2.45, 2.75) is 45.9 Å². The van der Waals surface area contributed by atoms with Gasteiger partial charge in [0.1, 0.15) is 0 Å². The standard InChI is InChI=1S/C22H29NO5S/c1-13-10-14(2)16(4)22(15(13)3)29(25,26)23-9-8-18-11-20(27-6)21(28-7)12-19(18)17(5)24/h10-12,23H,8-9H2,1-7H3. The third-order valence-corrected chi connectivity index (χ3v) is 6.98. The minimum Gasteiger partial charge on any atom is -0.493 e. The van der Waals surface area contributed by atoms with E-state index in [1.807, 2.05) is 33.8 Å². The molecule has 0 fully saturated rings. The largest absolute Gasteiger partial charge is 0.493 e. The molecule has 7 heteroatoms. The molecule has 0 saturated heterocycles. The van der Waals surface area contributed by atoms with Crippen molar-refractivity contribution in [2.24, 2.45) is 0 Å². The fourth-order valence-electron chi connectivity index (χ4n) is 3.43. The molecule has 0 bridgehead atoms. The summed E-state index contributed by atoms with van der Waals surface area (Å²) in [6.45, 7) is 9.07. The SMILES string of the molecule is COc1cc(CCNS(=O)(=O)c2c(C)c(C)cc(C)c2C)c(C(C)=O)cc1OC. The quantitative estimate of drug-likeness (QED) is 0.661. The van der Waals surface area contributed by atoms with E-state index in [0.717, 1.165) is 22.3 Å². The summed E-state index contributed by atoms with van der Waals surface area (Å²) in [5.41, 5.74) is 4.55. The third kappa shape index (κ3) is 4.79. The molecule has 0 aliphatic heterocycles. The van der Waals surface area contributed by atoms with E-state index < -0.39 is 10.0 Å².